The van der Waals surface area contributed by atoms with Crippen molar-refractivity contribution in [3.05, 3.63) is 58.9 Å². The highest BCUT2D eigenvalue weighted by atomic mass is 15.5. The molecule has 152 valence electrons. The third-order valence-corrected chi connectivity index (χ3v) is 6.20. The average Bonchev–Trinajstić information content (AvgIpc) is 3.45. The van der Waals surface area contributed by atoms with E-state index in [1.807, 2.05) is 36.4 Å². The number of nitrogens with zero attached hydrogens (tertiary/aromatic N) is 5. The Morgan fingerprint density at radius 1 is 1.17 bits per heavy atom. The zero-order valence-corrected chi connectivity index (χ0v) is 17.4. The van der Waals surface area contributed by atoms with Gasteiger partial charge in [-0.3, -0.25) is 0 Å². The van der Waals surface area contributed by atoms with Gasteiger partial charge in [0.2, 0.25) is 0 Å². The van der Waals surface area contributed by atoms with Crippen molar-refractivity contribution in [1.82, 2.24) is 4.57 Å². The van der Waals surface area contributed by atoms with Crippen LogP contribution < -0.4 is 10.7 Å². The number of nitrogens with two attached hydrogens (primary N) is 1. The first kappa shape index (κ1) is 19.9. The fraction of sp³-hybridized carbons (Fsp3) is 0.375. The van der Waals surface area contributed by atoms with E-state index in [9.17, 15) is 10.5 Å². The molecule has 0 radical (unpaired) electrons. The third kappa shape index (κ3) is 3.40. The molecule has 6 heteroatoms. The number of para-hydroxylation sites is 1. The fourth-order valence-electron chi connectivity index (χ4n) is 4.71. The van der Waals surface area contributed by atoms with Gasteiger partial charge in [-0.05, 0) is 56.5 Å². The smallest absolute Gasteiger partial charge is 0.127 e. The highest BCUT2D eigenvalue weighted by molar-refractivity contribution is 6.11. The van der Waals surface area contributed by atoms with Gasteiger partial charge in [0.05, 0.1) is 23.0 Å². The van der Waals surface area contributed by atoms with Gasteiger partial charge < -0.3 is 10.3 Å². The molecular formula is C24H26N6. The van der Waals surface area contributed by atoms with Crippen LogP contribution in [-0.4, -0.2) is 16.4 Å². The van der Waals surface area contributed by atoms with Gasteiger partial charge in [-0.15, -0.1) is 0 Å². The quantitative estimate of drug-likeness (QED) is 0.771. The van der Waals surface area contributed by atoms with Gasteiger partial charge >= 0.3 is 0 Å². The summed E-state index contributed by atoms with van der Waals surface area (Å²) in [7, 11) is 0. The molecule has 1 aliphatic carbocycles. The predicted octanol–water partition coefficient (Wildman–Crippen LogP) is 4.43. The van der Waals surface area contributed by atoms with Crippen LogP contribution in [0.1, 0.15) is 48.7 Å². The summed E-state index contributed by atoms with van der Waals surface area (Å²) in [6.07, 6.45) is 6.17. The summed E-state index contributed by atoms with van der Waals surface area (Å²) in [4.78, 5) is 0. The molecule has 0 bridgehead atoms. The van der Waals surface area contributed by atoms with Crippen molar-refractivity contribution in [1.29, 1.82) is 10.5 Å². The maximum atomic E-state index is 9.91. The zero-order valence-electron chi connectivity index (χ0n) is 17.4. The first-order chi connectivity index (χ1) is 14.5. The van der Waals surface area contributed by atoms with Gasteiger partial charge in [-0.25, -0.2) is 5.01 Å². The number of allylic oxidation sites excluding steroid dienone is 1. The summed E-state index contributed by atoms with van der Waals surface area (Å²) in [6.45, 7) is 4.22. The fourth-order valence-corrected chi connectivity index (χ4v) is 4.71. The van der Waals surface area contributed by atoms with E-state index in [2.05, 4.69) is 41.7 Å². The van der Waals surface area contributed by atoms with Crippen LogP contribution in [0.3, 0.4) is 0 Å². The molecule has 0 amide bonds. The van der Waals surface area contributed by atoms with E-state index in [1.54, 1.807) is 5.01 Å². The molecule has 2 atom stereocenters. The normalized spacial score (nSPS) is 22.1. The van der Waals surface area contributed by atoms with Crippen molar-refractivity contribution in [3.63, 3.8) is 0 Å². The summed E-state index contributed by atoms with van der Waals surface area (Å²) in [6, 6.07) is 16.7. The second-order valence-electron chi connectivity index (χ2n) is 8.07. The molecule has 0 unspecified atom stereocenters. The van der Waals surface area contributed by atoms with E-state index < -0.39 is 12.1 Å². The maximum Gasteiger partial charge on any atom is 0.127 e. The molecule has 1 fully saturated rings. The highest BCUT2D eigenvalue weighted by Gasteiger charge is 2.37. The second kappa shape index (κ2) is 8.18. The van der Waals surface area contributed by atoms with Crippen molar-refractivity contribution in [2.75, 3.05) is 5.01 Å². The van der Waals surface area contributed by atoms with Crippen molar-refractivity contribution < 1.29 is 0 Å². The Morgan fingerprint density at radius 2 is 1.87 bits per heavy atom. The minimum absolute atomic E-state index is 0.391. The minimum Gasteiger partial charge on any atom is -0.346 e. The van der Waals surface area contributed by atoms with Crippen LogP contribution in [0.4, 0.5) is 5.69 Å². The molecule has 2 aliphatic rings. The lowest BCUT2D eigenvalue weighted by Gasteiger charge is -2.21. The number of rotatable bonds is 4. The molecule has 2 aromatic rings. The average molecular weight is 399 g/mol. The van der Waals surface area contributed by atoms with Crippen LogP contribution in [-0.2, 0) is 0 Å². The first-order valence-corrected chi connectivity index (χ1v) is 10.4. The van der Waals surface area contributed by atoms with E-state index in [-0.39, 0.29) is 0 Å². The SMILES string of the molecule is Cc1cc(/C=C(/C#N)C2=NN(c3ccccc3)[C@@H](N)[C@H]2C#N)c(C)n1C1CCCC1. The largest absolute Gasteiger partial charge is 0.346 e. The topological polar surface area (TPSA) is 94.1 Å². The van der Waals surface area contributed by atoms with Crippen molar-refractivity contribution in [2.45, 2.75) is 51.7 Å². The highest BCUT2D eigenvalue weighted by Crippen LogP contribution is 2.34. The lowest BCUT2D eigenvalue weighted by Crippen LogP contribution is -2.40. The number of hydrazone groups is 1. The van der Waals surface area contributed by atoms with E-state index >= 15 is 0 Å². The molecule has 30 heavy (non-hydrogen) atoms. The summed E-state index contributed by atoms with van der Waals surface area (Å²) in [5.41, 5.74) is 11.3. The van der Waals surface area contributed by atoms with E-state index in [0.29, 0.717) is 17.3 Å². The summed E-state index contributed by atoms with van der Waals surface area (Å²) in [5, 5.41) is 25.9. The van der Waals surface area contributed by atoms with E-state index in [1.165, 1.54) is 31.4 Å². The molecule has 2 heterocycles. The number of aryl methyl sites for hydroxylation is 1. The molecule has 4 rings (SSSR count). The molecule has 0 saturated heterocycles. The minimum atomic E-state index is -0.672. The number of hydrogen-bond acceptors (Lipinski definition) is 5. The van der Waals surface area contributed by atoms with Crippen molar-refractivity contribution in [3.8, 4) is 12.1 Å². The van der Waals surface area contributed by atoms with Gasteiger partial charge in [-0.1, -0.05) is 31.0 Å². The second-order valence-corrected chi connectivity index (χ2v) is 8.07. The Balaban J connectivity index is 1.73. The maximum absolute atomic E-state index is 9.91. The number of hydrogen-bond donors (Lipinski definition) is 1. The summed E-state index contributed by atoms with van der Waals surface area (Å²) in [5.74, 6) is -0.672. The van der Waals surface area contributed by atoms with Crippen LogP contribution in [0.5, 0.6) is 0 Å². The van der Waals surface area contributed by atoms with Gasteiger partial charge in [-0.2, -0.15) is 15.6 Å². The Kier molecular flexibility index (Phi) is 5.44. The number of benzene rings is 1. The molecule has 2 N–H and O–H groups in total. The molecule has 1 saturated carbocycles. The Hall–Kier alpha value is -3.35. The van der Waals surface area contributed by atoms with Gasteiger partial charge in [0.1, 0.15) is 18.2 Å². The van der Waals surface area contributed by atoms with Crippen LogP contribution in [0.25, 0.3) is 6.08 Å². The predicted molar refractivity (Wildman–Crippen MR) is 118 cm³/mol. The van der Waals surface area contributed by atoms with Crippen molar-refractivity contribution in [2.24, 2.45) is 16.8 Å². The lowest BCUT2D eigenvalue weighted by atomic mass is 9.95. The Bertz CT molecular complexity index is 1070. The molecular weight excluding hydrogens is 372 g/mol. The van der Waals surface area contributed by atoms with Crippen LogP contribution in [0.15, 0.2) is 47.1 Å². The lowest BCUT2D eigenvalue weighted by molar-refractivity contribution is 0.500. The first-order valence-electron chi connectivity index (χ1n) is 10.4. The standard InChI is InChI=1S/C24H26N6/c1-16-12-18(17(2)29(16)20-8-6-7-9-20)13-19(14-25)23-22(15-26)24(27)30(28-23)21-10-4-3-5-11-21/h3-5,10-13,20,22,24H,6-9,27H2,1-2H3/b19-13-/t22-,24+/m0/s1. The van der Waals surface area contributed by atoms with Gasteiger partial charge in [0.25, 0.3) is 0 Å². The third-order valence-electron chi connectivity index (χ3n) is 6.20. The zero-order chi connectivity index (χ0) is 21.3. The van der Waals surface area contributed by atoms with Gasteiger partial charge in [0, 0.05) is 17.4 Å². The van der Waals surface area contributed by atoms with Crippen LogP contribution in [0, 0.1) is 42.4 Å². The molecule has 1 aromatic carbocycles. The van der Waals surface area contributed by atoms with Gasteiger partial charge in [0.15, 0.2) is 0 Å². The number of aromatic nitrogens is 1. The number of nitriles is 2. The molecule has 1 aromatic heterocycles. The summed E-state index contributed by atoms with van der Waals surface area (Å²) < 4.78 is 2.40. The van der Waals surface area contributed by atoms with E-state index in [0.717, 1.165) is 16.9 Å². The molecule has 6 nitrogen and oxygen atoms in total. The molecule has 0 spiro atoms. The molecule has 1 aliphatic heterocycles. The van der Waals surface area contributed by atoms with Crippen LogP contribution >= 0.6 is 0 Å². The Morgan fingerprint density at radius 3 is 2.50 bits per heavy atom. The number of anilines is 1. The summed E-state index contributed by atoms with van der Waals surface area (Å²) >= 11 is 0. The monoisotopic (exact) mass is 398 g/mol. The van der Waals surface area contributed by atoms with Crippen LogP contribution in [0.2, 0.25) is 0 Å². The Labute approximate surface area is 177 Å². The van der Waals surface area contributed by atoms with Crippen molar-refractivity contribution >= 4 is 17.5 Å². The van der Waals surface area contributed by atoms with E-state index in [4.69, 9.17) is 5.73 Å².